The van der Waals surface area contributed by atoms with Crippen molar-refractivity contribution in [1.82, 2.24) is 4.90 Å². The molecule has 0 saturated carbocycles. The summed E-state index contributed by atoms with van der Waals surface area (Å²) in [7, 11) is 0. The second-order valence-electron chi connectivity index (χ2n) is 4.72. The molecule has 1 heterocycles. The summed E-state index contributed by atoms with van der Waals surface area (Å²) >= 11 is 0. The predicted octanol–water partition coefficient (Wildman–Crippen LogP) is 3.65. The first-order valence-corrected chi connectivity index (χ1v) is 6.83. The highest BCUT2D eigenvalue weighted by atomic mass is 19.2. The maximum absolute atomic E-state index is 13.5. The highest BCUT2D eigenvalue weighted by molar-refractivity contribution is 5.96. The number of benzene rings is 1. The minimum atomic E-state index is -1.07. The van der Waals surface area contributed by atoms with Crippen LogP contribution in [-0.4, -0.2) is 23.8 Å². The number of ketones is 1. The molecule has 1 aromatic carbocycles. The Morgan fingerprint density at radius 2 is 2.05 bits per heavy atom. The molecule has 0 N–H and O–H groups in total. The van der Waals surface area contributed by atoms with Crippen LogP contribution in [0.2, 0.25) is 0 Å². The van der Waals surface area contributed by atoms with Gasteiger partial charge in [-0.2, -0.15) is 0 Å². The third-order valence-corrected chi connectivity index (χ3v) is 3.31. The first kappa shape index (κ1) is 15.4. The summed E-state index contributed by atoms with van der Waals surface area (Å²) in [5, 5.41) is 0. The van der Waals surface area contributed by atoms with Crippen LogP contribution in [0.25, 0.3) is 0 Å². The Labute approximate surface area is 122 Å². The van der Waals surface area contributed by atoms with Crippen LogP contribution in [0.4, 0.5) is 8.78 Å². The summed E-state index contributed by atoms with van der Waals surface area (Å²) in [6, 6.07) is 7.31. The molecule has 0 aliphatic rings. The number of furan rings is 1. The van der Waals surface area contributed by atoms with Crippen LogP contribution in [0.5, 0.6) is 0 Å². The van der Waals surface area contributed by atoms with Crippen molar-refractivity contribution in [3.05, 3.63) is 59.6 Å². The zero-order valence-electron chi connectivity index (χ0n) is 11.8. The Hall–Kier alpha value is -2.01. The van der Waals surface area contributed by atoms with E-state index in [-0.39, 0.29) is 12.0 Å². The average molecular weight is 293 g/mol. The maximum Gasteiger partial charge on any atom is 0.169 e. The van der Waals surface area contributed by atoms with E-state index in [1.165, 1.54) is 12.1 Å². The Morgan fingerprint density at radius 1 is 1.24 bits per heavy atom. The average Bonchev–Trinajstić information content (AvgIpc) is 2.99. The zero-order valence-corrected chi connectivity index (χ0v) is 11.8. The molecule has 1 aromatic heterocycles. The monoisotopic (exact) mass is 293 g/mol. The molecule has 0 spiro atoms. The van der Waals surface area contributed by atoms with Gasteiger partial charge >= 0.3 is 0 Å². The van der Waals surface area contributed by atoms with Crippen molar-refractivity contribution in [1.29, 1.82) is 0 Å². The van der Waals surface area contributed by atoms with Crippen molar-refractivity contribution in [3.63, 3.8) is 0 Å². The molecular formula is C16H17F2NO2. The number of carbonyl (C=O) groups excluding carboxylic acids is 1. The number of rotatable bonds is 7. The van der Waals surface area contributed by atoms with Crippen LogP contribution in [-0.2, 0) is 6.54 Å². The van der Waals surface area contributed by atoms with Crippen molar-refractivity contribution in [3.8, 4) is 0 Å². The summed E-state index contributed by atoms with van der Waals surface area (Å²) in [4.78, 5) is 14.0. The molecule has 0 saturated heterocycles. The molecule has 0 fully saturated rings. The normalized spacial score (nSPS) is 11.0. The lowest BCUT2D eigenvalue weighted by atomic mass is 10.1. The van der Waals surface area contributed by atoms with Gasteiger partial charge in [0, 0.05) is 13.0 Å². The van der Waals surface area contributed by atoms with E-state index in [4.69, 9.17) is 4.42 Å². The fraction of sp³-hybridized carbons (Fsp3) is 0.312. The van der Waals surface area contributed by atoms with Gasteiger partial charge in [-0.05, 0) is 30.8 Å². The first-order chi connectivity index (χ1) is 10.1. The Bertz CT molecular complexity index is 596. The van der Waals surface area contributed by atoms with E-state index < -0.39 is 17.4 Å². The highest BCUT2D eigenvalue weighted by Gasteiger charge is 2.16. The third-order valence-electron chi connectivity index (χ3n) is 3.31. The van der Waals surface area contributed by atoms with Crippen molar-refractivity contribution in [2.75, 3.05) is 13.1 Å². The lowest BCUT2D eigenvalue weighted by Gasteiger charge is -2.18. The van der Waals surface area contributed by atoms with E-state index in [0.717, 1.165) is 18.4 Å². The highest BCUT2D eigenvalue weighted by Crippen LogP contribution is 2.14. The van der Waals surface area contributed by atoms with Crippen LogP contribution >= 0.6 is 0 Å². The molecule has 5 heteroatoms. The van der Waals surface area contributed by atoms with Crippen LogP contribution in [0.1, 0.15) is 29.5 Å². The fourth-order valence-corrected chi connectivity index (χ4v) is 2.09. The van der Waals surface area contributed by atoms with Crippen LogP contribution < -0.4 is 0 Å². The molecule has 0 aliphatic carbocycles. The van der Waals surface area contributed by atoms with Crippen molar-refractivity contribution >= 4 is 5.78 Å². The second kappa shape index (κ2) is 7.13. The van der Waals surface area contributed by atoms with Crippen molar-refractivity contribution in [2.24, 2.45) is 0 Å². The molecule has 2 rings (SSSR count). The molecule has 0 atom stereocenters. The minimum Gasteiger partial charge on any atom is -0.468 e. The molecule has 112 valence electrons. The number of nitrogens with zero attached hydrogens (tertiary/aromatic N) is 1. The quantitative estimate of drug-likeness (QED) is 0.731. The fourth-order valence-electron chi connectivity index (χ4n) is 2.09. The molecule has 0 unspecified atom stereocenters. The predicted molar refractivity (Wildman–Crippen MR) is 75.0 cm³/mol. The number of Topliss-reactive ketones (excluding diaryl/α,β-unsaturated/α-hetero) is 1. The molecule has 0 bridgehead atoms. The van der Waals surface area contributed by atoms with Gasteiger partial charge in [-0.25, -0.2) is 8.78 Å². The molecule has 3 nitrogen and oxygen atoms in total. The van der Waals surface area contributed by atoms with Gasteiger partial charge in [0.15, 0.2) is 17.4 Å². The summed E-state index contributed by atoms with van der Waals surface area (Å²) in [6.45, 7) is 3.75. The molecule has 21 heavy (non-hydrogen) atoms. The van der Waals surface area contributed by atoms with Gasteiger partial charge in [0.2, 0.25) is 0 Å². The van der Waals surface area contributed by atoms with E-state index in [2.05, 4.69) is 0 Å². The first-order valence-electron chi connectivity index (χ1n) is 6.83. The Kier molecular flexibility index (Phi) is 5.22. The molecule has 0 amide bonds. The van der Waals surface area contributed by atoms with Crippen LogP contribution in [0.3, 0.4) is 0 Å². The Morgan fingerprint density at radius 3 is 2.71 bits per heavy atom. The smallest absolute Gasteiger partial charge is 0.169 e. The van der Waals surface area contributed by atoms with Crippen LogP contribution in [0, 0.1) is 11.6 Å². The van der Waals surface area contributed by atoms with Gasteiger partial charge in [-0.3, -0.25) is 9.69 Å². The van der Waals surface area contributed by atoms with Gasteiger partial charge < -0.3 is 4.42 Å². The summed E-state index contributed by atoms with van der Waals surface area (Å²) in [5.74, 6) is -1.66. The van der Waals surface area contributed by atoms with E-state index in [1.807, 2.05) is 17.9 Å². The topological polar surface area (TPSA) is 33.5 Å². The van der Waals surface area contributed by atoms with Gasteiger partial charge in [0.25, 0.3) is 0 Å². The number of hydrogen-bond acceptors (Lipinski definition) is 3. The van der Waals surface area contributed by atoms with Crippen molar-refractivity contribution in [2.45, 2.75) is 19.9 Å². The maximum atomic E-state index is 13.5. The molecular weight excluding hydrogens is 276 g/mol. The lowest BCUT2D eigenvalue weighted by molar-refractivity contribution is 0.0956. The van der Waals surface area contributed by atoms with Gasteiger partial charge in [0.05, 0.1) is 18.4 Å². The number of carbonyl (C=O) groups is 1. The van der Waals surface area contributed by atoms with Gasteiger partial charge in [-0.15, -0.1) is 0 Å². The Balaban J connectivity index is 1.94. The van der Waals surface area contributed by atoms with E-state index in [9.17, 15) is 13.6 Å². The second-order valence-corrected chi connectivity index (χ2v) is 4.72. The van der Waals surface area contributed by atoms with Gasteiger partial charge in [0.1, 0.15) is 5.76 Å². The van der Waals surface area contributed by atoms with E-state index in [1.54, 1.807) is 12.3 Å². The molecule has 0 aliphatic heterocycles. The summed E-state index contributed by atoms with van der Waals surface area (Å²) < 4.78 is 31.9. The molecule has 2 aromatic rings. The minimum absolute atomic E-state index is 0.134. The van der Waals surface area contributed by atoms with Crippen molar-refractivity contribution < 1.29 is 18.0 Å². The van der Waals surface area contributed by atoms with Crippen LogP contribution in [0.15, 0.2) is 41.0 Å². The number of halogens is 2. The molecule has 0 radical (unpaired) electrons. The number of hydrogen-bond donors (Lipinski definition) is 0. The third kappa shape index (κ3) is 3.98. The zero-order chi connectivity index (χ0) is 15.2. The van der Waals surface area contributed by atoms with Gasteiger partial charge in [-0.1, -0.05) is 13.0 Å². The standard InChI is InChI=1S/C16H17F2NO2/c1-2-19(11-12-5-4-10-21-12)9-8-15(20)13-6-3-7-14(17)16(13)18/h3-7,10H,2,8-9,11H2,1H3. The summed E-state index contributed by atoms with van der Waals surface area (Å²) in [5.41, 5.74) is -0.191. The lowest BCUT2D eigenvalue weighted by Crippen LogP contribution is -2.25. The summed E-state index contributed by atoms with van der Waals surface area (Å²) in [6.07, 6.45) is 1.73. The van der Waals surface area contributed by atoms with E-state index >= 15 is 0 Å². The van der Waals surface area contributed by atoms with E-state index in [0.29, 0.717) is 13.1 Å². The largest absolute Gasteiger partial charge is 0.468 e. The SMILES string of the molecule is CCN(CCC(=O)c1cccc(F)c1F)Cc1ccco1.